The number of ether oxygens (including phenoxy) is 3. The Morgan fingerprint density at radius 3 is 2.34 bits per heavy atom. The van der Waals surface area contributed by atoms with Gasteiger partial charge in [0.15, 0.2) is 17.3 Å². The van der Waals surface area contributed by atoms with Crippen molar-refractivity contribution >= 4 is 11.8 Å². The van der Waals surface area contributed by atoms with E-state index in [1.807, 2.05) is 31.2 Å². The van der Waals surface area contributed by atoms with E-state index in [1.54, 1.807) is 33.1 Å². The highest BCUT2D eigenvalue weighted by Crippen LogP contribution is 2.47. The van der Waals surface area contributed by atoms with Crippen molar-refractivity contribution in [2.45, 2.75) is 51.6 Å². The number of aromatic hydroxyl groups is 1. The lowest BCUT2D eigenvalue weighted by Crippen LogP contribution is -2.36. The fourth-order valence-corrected chi connectivity index (χ4v) is 4.91. The number of carbonyl (C=O) groups is 2. The molecule has 4 rings (SSSR count). The number of methoxy groups -OCH3 is 2. The van der Waals surface area contributed by atoms with Crippen molar-refractivity contribution in [3.05, 3.63) is 76.1 Å². The molecule has 0 fully saturated rings. The van der Waals surface area contributed by atoms with Gasteiger partial charge >= 0.3 is 5.97 Å². The average molecular weight is 478 g/mol. The molecule has 0 saturated carbocycles. The van der Waals surface area contributed by atoms with Crippen LogP contribution in [0, 0.1) is 0 Å². The zero-order chi connectivity index (χ0) is 25.3. The van der Waals surface area contributed by atoms with E-state index in [0.717, 1.165) is 17.0 Å². The molecule has 2 unspecified atom stereocenters. The first kappa shape index (κ1) is 24.4. The lowest BCUT2D eigenvalue weighted by molar-refractivity contribution is -0.143. The largest absolute Gasteiger partial charge is 0.504 e. The predicted molar refractivity (Wildman–Crippen MR) is 131 cm³/mol. The summed E-state index contributed by atoms with van der Waals surface area (Å²) < 4.78 is 16.1. The highest BCUT2D eigenvalue weighted by Gasteiger charge is 2.41. The molecule has 1 aliphatic carbocycles. The minimum Gasteiger partial charge on any atom is -0.504 e. The summed E-state index contributed by atoms with van der Waals surface area (Å²) >= 11 is 0. The molecule has 2 aromatic rings. The topological polar surface area (TPSA) is 94.1 Å². The second-order valence-electron chi connectivity index (χ2n) is 9.18. The van der Waals surface area contributed by atoms with E-state index in [2.05, 4.69) is 5.32 Å². The zero-order valence-corrected chi connectivity index (χ0v) is 20.7. The molecule has 0 spiro atoms. The Morgan fingerprint density at radius 2 is 1.71 bits per heavy atom. The fourth-order valence-electron chi connectivity index (χ4n) is 4.91. The lowest BCUT2D eigenvalue weighted by atomic mass is 9.71. The van der Waals surface area contributed by atoms with E-state index in [-0.39, 0.29) is 29.3 Å². The number of phenols is 1. The highest BCUT2D eigenvalue weighted by molar-refractivity contribution is 6.04. The molecule has 0 saturated heterocycles. The fraction of sp³-hybridized carbons (Fsp3) is 0.357. The van der Waals surface area contributed by atoms with Crippen LogP contribution in [0.25, 0.3) is 0 Å². The normalized spacial score (nSPS) is 19.9. The molecule has 7 heteroatoms. The summed E-state index contributed by atoms with van der Waals surface area (Å²) in [4.78, 5) is 26.9. The molecule has 2 aromatic carbocycles. The maximum absolute atomic E-state index is 13.7. The van der Waals surface area contributed by atoms with Gasteiger partial charge in [0.2, 0.25) is 0 Å². The number of phenolic OH excluding ortho intramolecular Hbond substituents is 1. The number of dihydropyridines is 1. The van der Waals surface area contributed by atoms with Gasteiger partial charge in [-0.05, 0) is 68.5 Å². The molecule has 0 aromatic heterocycles. The van der Waals surface area contributed by atoms with Crippen LogP contribution in [0.4, 0.5) is 0 Å². The van der Waals surface area contributed by atoms with E-state index in [0.29, 0.717) is 35.2 Å². The van der Waals surface area contributed by atoms with E-state index in [4.69, 9.17) is 14.2 Å². The Balaban J connectivity index is 1.79. The summed E-state index contributed by atoms with van der Waals surface area (Å²) in [7, 11) is 3.09. The first-order chi connectivity index (χ1) is 16.7. The van der Waals surface area contributed by atoms with Crippen LogP contribution in [0.2, 0.25) is 0 Å². The van der Waals surface area contributed by atoms with Crippen molar-refractivity contribution in [2.24, 2.45) is 0 Å². The van der Waals surface area contributed by atoms with Crippen molar-refractivity contribution < 1.29 is 28.9 Å². The Hall–Kier alpha value is -3.74. The average Bonchev–Trinajstić information content (AvgIpc) is 2.83. The Bertz CT molecular complexity index is 1210. The number of hydrogen-bond acceptors (Lipinski definition) is 7. The molecule has 1 aliphatic heterocycles. The number of allylic oxidation sites excluding steroid dienone is 3. The number of hydrogen-bond donors (Lipinski definition) is 2. The third-order valence-corrected chi connectivity index (χ3v) is 6.51. The maximum atomic E-state index is 13.7. The highest BCUT2D eigenvalue weighted by atomic mass is 16.5. The minimum absolute atomic E-state index is 0.00613. The van der Waals surface area contributed by atoms with Crippen LogP contribution in [0.5, 0.6) is 17.2 Å². The van der Waals surface area contributed by atoms with Gasteiger partial charge in [-0.25, -0.2) is 4.79 Å². The van der Waals surface area contributed by atoms with Crippen molar-refractivity contribution in [3.8, 4) is 17.2 Å². The van der Waals surface area contributed by atoms with Crippen molar-refractivity contribution in [1.82, 2.24) is 5.32 Å². The second-order valence-corrected chi connectivity index (χ2v) is 9.18. The molecule has 2 N–H and O–H groups in total. The van der Waals surface area contributed by atoms with Crippen LogP contribution < -0.4 is 14.8 Å². The van der Waals surface area contributed by atoms with Crippen LogP contribution in [0.15, 0.2) is 65.0 Å². The minimum atomic E-state index is -0.628. The quantitative estimate of drug-likeness (QED) is 0.581. The molecular weight excluding hydrogens is 446 g/mol. The molecule has 2 atom stereocenters. The van der Waals surface area contributed by atoms with Crippen LogP contribution in [-0.4, -0.2) is 37.2 Å². The number of Topliss-reactive ketones (excluding diaryl/α,β-unsaturated/α-hetero) is 1. The molecule has 7 nitrogen and oxygen atoms in total. The smallest absolute Gasteiger partial charge is 0.337 e. The zero-order valence-electron chi connectivity index (χ0n) is 20.7. The van der Waals surface area contributed by atoms with Crippen LogP contribution >= 0.6 is 0 Å². The Labute approximate surface area is 205 Å². The molecule has 0 bridgehead atoms. The molecule has 184 valence electrons. The summed E-state index contributed by atoms with van der Waals surface area (Å²) in [5.41, 5.74) is 4.14. The molecule has 2 aliphatic rings. The summed E-state index contributed by atoms with van der Waals surface area (Å²) in [6.07, 6.45) is 0.641. The van der Waals surface area contributed by atoms with E-state index in [1.165, 1.54) is 13.2 Å². The molecule has 35 heavy (non-hydrogen) atoms. The van der Waals surface area contributed by atoms with Gasteiger partial charge in [0.05, 0.1) is 25.9 Å². The Kier molecular flexibility index (Phi) is 6.87. The van der Waals surface area contributed by atoms with Crippen molar-refractivity contribution in [2.75, 3.05) is 14.2 Å². The molecular formula is C28H31NO6. The molecule has 1 heterocycles. The standard InChI is InChI=1S/C28H31NO6/c1-15(2)35-28(32)25-16(3)29-21-12-19(17-6-9-20(33-4)10-7-17)13-23(31)27(21)26(25)18-8-11-22(30)24(14-18)34-5/h6-11,14-15,19,26,29-30H,12-13H2,1-5H3. The predicted octanol–water partition coefficient (Wildman–Crippen LogP) is 4.72. The van der Waals surface area contributed by atoms with Gasteiger partial charge in [-0.3, -0.25) is 4.79 Å². The van der Waals surface area contributed by atoms with Crippen LogP contribution in [-0.2, 0) is 14.3 Å². The maximum Gasteiger partial charge on any atom is 0.337 e. The Morgan fingerprint density at radius 1 is 1.03 bits per heavy atom. The van der Waals surface area contributed by atoms with E-state index in [9.17, 15) is 14.7 Å². The third-order valence-electron chi connectivity index (χ3n) is 6.51. The third kappa shape index (κ3) is 4.76. The second kappa shape index (κ2) is 9.86. The van der Waals surface area contributed by atoms with Crippen molar-refractivity contribution in [1.29, 1.82) is 0 Å². The number of rotatable bonds is 6. The lowest BCUT2D eigenvalue weighted by Gasteiger charge is -2.37. The van der Waals surface area contributed by atoms with Crippen molar-refractivity contribution in [3.63, 3.8) is 0 Å². The summed E-state index contributed by atoms with van der Waals surface area (Å²) in [5.74, 6) is -0.0988. The summed E-state index contributed by atoms with van der Waals surface area (Å²) in [5, 5.41) is 13.5. The van der Waals surface area contributed by atoms with Gasteiger partial charge in [0.25, 0.3) is 0 Å². The van der Waals surface area contributed by atoms with Crippen LogP contribution in [0.3, 0.4) is 0 Å². The SMILES string of the molecule is COc1ccc(C2CC(=O)C3=C(C2)NC(C)=C(C(=O)OC(C)C)C3c2ccc(O)c(OC)c2)cc1. The van der Waals surface area contributed by atoms with Gasteiger partial charge < -0.3 is 24.6 Å². The molecule has 0 amide bonds. The van der Waals surface area contributed by atoms with Gasteiger partial charge in [-0.2, -0.15) is 0 Å². The number of carbonyl (C=O) groups excluding carboxylic acids is 2. The number of ketones is 1. The van der Waals surface area contributed by atoms with Gasteiger partial charge in [-0.15, -0.1) is 0 Å². The van der Waals surface area contributed by atoms with Gasteiger partial charge in [0, 0.05) is 29.3 Å². The summed E-state index contributed by atoms with van der Waals surface area (Å²) in [6, 6.07) is 12.7. The first-order valence-corrected chi connectivity index (χ1v) is 11.7. The van der Waals surface area contributed by atoms with E-state index >= 15 is 0 Å². The van der Waals surface area contributed by atoms with Gasteiger partial charge in [0.1, 0.15) is 5.75 Å². The molecule has 0 radical (unpaired) electrons. The van der Waals surface area contributed by atoms with E-state index < -0.39 is 11.9 Å². The summed E-state index contributed by atoms with van der Waals surface area (Å²) in [6.45, 7) is 5.41. The number of esters is 1. The monoisotopic (exact) mass is 477 g/mol. The number of nitrogens with one attached hydrogen (secondary N) is 1. The van der Waals surface area contributed by atoms with Gasteiger partial charge in [-0.1, -0.05) is 18.2 Å². The van der Waals surface area contributed by atoms with Crippen LogP contribution in [0.1, 0.15) is 56.6 Å². The first-order valence-electron chi connectivity index (χ1n) is 11.7. The number of benzene rings is 2.